The van der Waals surface area contributed by atoms with Crippen LogP contribution in [0.15, 0.2) is 12.4 Å². The van der Waals surface area contributed by atoms with Crippen molar-refractivity contribution in [3.05, 3.63) is 23.5 Å². The summed E-state index contributed by atoms with van der Waals surface area (Å²) in [5.74, 6) is 2.46. The summed E-state index contributed by atoms with van der Waals surface area (Å²) in [5.41, 5.74) is 1.26. The van der Waals surface area contributed by atoms with Gasteiger partial charge in [-0.05, 0) is 0 Å². The van der Waals surface area contributed by atoms with Gasteiger partial charge >= 0.3 is 0 Å². The topological polar surface area (TPSA) is 52.5 Å². The number of nitrogens with zero attached hydrogens (tertiary/aromatic N) is 3. The molecule has 0 amide bonds. The van der Waals surface area contributed by atoms with Gasteiger partial charge < -0.3 is 4.57 Å². The van der Waals surface area contributed by atoms with Crippen molar-refractivity contribution < 1.29 is 0 Å². The van der Waals surface area contributed by atoms with Gasteiger partial charge in [0.05, 0.1) is 24.6 Å². The molecule has 0 aromatic carbocycles. The Labute approximate surface area is 76.8 Å². The SMILES string of the molecule is C#CCn1cc(C#N)c(CC#N)c1. The minimum atomic E-state index is 0.250. The maximum Gasteiger partial charge on any atom is 0.101 e. The van der Waals surface area contributed by atoms with E-state index in [2.05, 4.69) is 5.92 Å². The molecule has 0 N–H and O–H groups in total. The molecule has 13 heavy (non-hydrogen) atoms. The lowest BCUT2D eigenvalue weighted by atomic mass is 10.2. The first-order valence-corrected chi connectivity index (χ1v) is 3.71. The second-order valence-corrected chi connectivity index (χ2v) is 2.52. The van der Waals surface area contributed by atoms with Gasteiger partial charge in [0.2, 0.25) is 0 Å². The van der Waals surface area contributed by atoms with Crippen molar-refractivity contribution in [3.63, 3.8) is 0 Å². The van der Waals surface area contributed by atoms with Gasteiger partial charge in [-0.1, -0.05) is 5.92 Å². The van der Waals surface area contributed by atoms with Crippen LogP contribution in [0.3, 0.4) is 0 Å². The summed E-state index contributed by atoms with van der Waals surface area (Å²) < 4.78 is 1.73. The maximum atomic E-state index is 8.70. The van der Waals surface area contributed by atoms with Crippen LogP contribution in [-0.2, 0) is 13.0 Å². The first-order valence-electron chi connectivity index (χ1n) is 3.71. The van der Waals surface area contributed by atoms with E-state index in [0.29, 0.717) is 12.1 Å². The third-order valence-electron chi connectivity index (χ3n) is 1.63. The highest BCUT2D eigenvalue weighted by atomic mass is 14.9. The Bertz CT molecular complexity index is 420. The molecule has 0 saturated carbocycles. The first-order chi connectivity index (χ1) is 6.31. The average Bonchev–Trinajstić information content (AvgIpc) is 2.49. The third kappa shape index (κ3) is 1.89. The molecular formula is C10H7N3. The number of hydrogen-bond donors (Lipinski definition) is 0. The van der Waals surface area contributed by atoms with Crippen molar-refractivity contribution in [2.24, 2.45) is 0 Å². The predicted octanol–water partition coefficient (Wildman–Crippen LogP) is 1.06. The number of hydrogen-bond acceptors (Lipinski definition) is 2. The Hall–Kier alpha value is -2.18. The van der Waals surface area contributed by atoms with Crippen LogP contribution in [0.25, 0.3) is 0 Å². The second kappa shape index (κ2) is 4.00. The molecule has 3 heteroatoms. The molecule has 0 bridgehead atoms. The molecule has 0 saturated heterocycles. The largest absolute Gasteiger partial charge is 0.341 e. The first kappa shape index (κ1) is 8.91. The summed E-state index contributed by atoms with van der Waals surface area (Å²) in [5, 5.41) is 17.2. The Morgan fingerprint density at radius 2 is 2.15 bits per heavy atom. The molecule has 3 nitrogen and oxygen atoms in total. The molecule has 0 fully saturated rings. The quantitative estimate of drug-likeness (QED) is 0.621. The van der Waals surface area contributed by atoms with Crippen molar-refractivity contribution in [1.29, 1.82) is 10.5 Å². The van der Waals surface area contributed by atoms with E-state index < -0.39 is 0 Å². The normalized spacial score (nSPS) is 8.38. The Kier molecular flexibility index (Phi) is 2.74. The van der Waals surface area contributed by atoms with Crippen LogP contribution in [-0.4, -0.2) is 4.57 Å². The predicted molar refractivity (Wildman–Crippen MR) is 47.3 cm³/mol. The van der Waals surface area contributed by atoms with Gasteiger partial charge in [0.1, 0.15) is 6.07 Å². The molecule has 0 unspecified atom stereocenters. The zero-order valence-corrected chi connectivity index (χ0v) is 6.99. The van der Waals surface area contributed by atoms with Gasteiger partial charge in [-0.3, -0.25) is 0 Å². The van der Waals surface area contributed by atoms with E-state index in [9.17, 15) is 0 Å². The molecule has 0 spiro atoms. The van der Waals surface area contributed by atoms with Gasteiger partial charge in [0, 0.05) is 18.0 Å². The molecule has 1 rings (SSSR count). The van der Waals surface area contributed by atoms with Crippen molar-refractivity contribution in [2.75, 3.05) is 0 Å². The monoisotopic (exact) mass is 169 g/mol. The zero-order valence-electron chi connectivity index (χ0n) is 6.99. The van der Waals surface area contributed by atoms with Gasteiger partial charge in [-0.25, -0.2) is 0 Å². The highest BCUT2D eigenvalue weighted by molar-refractivity contribution is 5.37. The van der Waals surface area contributed by atoms with Gasteiger partial charge in [-0.2, -0.15) is 10.5 Å². The number of terminal acetylenes is 1. The van der Waals surface area contributed by atoms with E-state index in [0.717, 1.165) is 5.56 Å². The number of rotatable bonds is 2. The molecule has 1 aromatic heterocycles. The highest BCUT2D eigenvalue weighted by Crippen LogP contribution is 2.09. The number of nitriles is 2. The van der Waals surface area contributed by atoms with Crippen LogP contribution < -0.4 is 0 Å². The van der Waals surface area contributed by atoms with Crippen molar-refractivity contribution in [2.45, 2.75) is 13.0 Å². The standard InChI is InChI=1S/C10H7N3/c1-2-5-13-7-9(3-4-11)10(6-12)8-13/h1,7-8H,3,5H2. The lowest BCUT2D eigenvalue weighted by molar-refractivity contribution is 0.847. The molecule has 0 atom stereocenters. The lowest BCUT2D eigenvalue weighted by Crippen LogP contribution is -1.89. The van der Waals surface area contributed by atoms with Crippen molar-refractivity contribution in [3.8, 4) is 24.5 Å². The molecule has 0 aliphatic carbocycles. The van der Waals surface area contributed by atoms with E-state index in [1.54, 1.807) is 17.0 Å². The molecule has 0 aliphatic heterocycles. The van der Waals surface area contributed by atoms with Crippen LogP contribution in [0.2, 0.25) is 0 Å². The summed E-state index contributed by atoms with van der Waals surface area (Å²) in [6, 6.07) is 4.02. The van der Waals surface area contributed by atoms with E-state index in [4.69, 9.17) is 16.9 Å². The Balaban J connectivity index is 3.02. The number of aromatic nitrogens is 1. The average molecular weight is 169 g/mol. The maximum absolute atomic E-state index is 8.70. The fraction of sp³-hybridized carbons (Fsp3) is 0.200. The molecule has 0 radical (unpaired) electrons. The molecule has 0 aliphatic rings. The van der Waals surface area contributed by atoms with Crippen LogP contribution in [0.4, 0.5) is 0 Å². The Morgan fingerprint density at radius 3 is 2.69 bits per heavy atom. The van der Waals surface area contributed by atoms with Gasteiger partial charge in [0.15, 0.2) is 0 Å². The van der Waals surface area contributed by atoms with Crippen LogP contribution >= 0.6 is 0 Å². The van der Waals surface area contributed by atoms with E-state index in [1.807, 2.05) is 12.1 Å². The smallest absolute Gasteiger partial charge is 0.101 e. The molecular weight excluding hydrogens is 162 g/mol. The fourth-order valence-electron chi connectivity index (χ4n) is 1.08. The lowest BCUT2D eigenvalue weighted by Gasteiger charge is -1.90. The summed E-state index contributed by atoms with van der Waals surface area (Å²) in [7, 11) is 0. The van der Waals surface area contributed by atoms with E-state index in [1.165, 1.54) is 0 Å². The summed E-state index contributed by atoms with van der Waals surface area (Å²) in [4.78, 5) is 0. The van der Waals surface area contributed by atoms with E-state index in [-0.39, 0.29) is 6.42 Å². The summed E-state index contributed by atoms with van der Waals surface area (Å²) in [6.07, 6.45) is 8.76. The van der Waals surface area contributed by atoms with Gasteiger partial charge in [-0.15, -0.1) is 6.42 Å². The minimum absolute atomic E-state index is 0.250. The summed E-state index contributed by atoms with van der Waals surface area (Å²) >= 11 is 0. The Morgan fingerprint density at radius 1 is 1.38 bits per heavy atom. The zero-order chi connectivity index (χ0) is 9.68. The minimum Gasteiger partial charge on any atom is -0.341 e. The van der Waals surface area contributed by atoms with Crippen LogP contribution in [0.1, 0.15) is 11.1 Å². The molecule has 62 valence electrons. The van der Waals surface area contributed by atoms with Crippen LogP contribution in [0.5, 0.6) is 0 Å². The molecule has 1 aromatic rings. The van der Waals surface area contributed by atoms with Crippen LogP contribution in [0, 0.1) is 35.0 Å². The van der Waals surface area contributed by atoms with Crippen molar-refractivity contribution >= 4 is 0 Å². The second-order valence-electron chi connectivity index (χ2n) is 2.52. The van der Waals surface area contributed by atoms with Gasteiger partial charge in [0.25, 0.3) is 0 Å². The van der Waals surface area contributed by atoms with Crippen molar-refractivity contribution in [1.82, 2.24) is 4.57 Å². The highest BCUT2D eigenvalue weighted by Gasteiger charge is 2.04. The van der Waals surface area contributed by atoms with E-state index >= 15 is 0 Å². The molecule has 1 heterocycles. The third-order valence-corrected chi connectivity index (χ3v) is 1.63. The fourth-order valence-corrected chi connectivity index (χ4v) is 1.08. The summed E-state index contributed by atoms with van der Waals surface area (Å²) in [6.45, 7) is 0.431.